The number of thiazole rings is 1. The molecule has 0 aliphatic carbocycles. The Hall–Kier alpha value is -0.100. The van der Waals surface area contributed by atoms with Crippen molar-refractivity contribution in [3.63, 3.8) is 0 Å². The van der Waals surface area contributed by atoms with Gasteiger partial charge in [0, 0.05) is 23.9 Å². The van der Waals surface area contributed by atoms with Crippen molar-refractivity contribution in [1.82, 2.24) is 4.98 Å². The van der Waals surface area contributed by atoms with Crippen molar-refractivity contribution in [2.75, 3.05) is 12.3 Å². The largest absolute Gasteiger partial charge is 0.389 e. The summed E-state index contributed by atoms with van der Waals surface area (Å²) in [6.07, 6.45) is 3.53. The molecule has 0 spiro atoms. The lowest BCUT2D eigenvalue weighted by atomic mass is 10.0. The monoisotopic (exact) mass is 232 g/mol. The fourth-order valence-electron chi connectivity index (χ4n) is 0.996. The molecule has 3 N–H and O–H groups in total. The molecule has 0 amide bonds. The molecule has 0 aliphatic heterocycles. The number of aromatic nitrogens is 1. The van der Waals surface area contributed by atoms with Crippen LogP contribution in [0.4, 0.5) is 0 Å². The summed E-state index contributed by atoms with van der Waals surface area (Å²) in [5, 5.41) is 11.6. The van der Waals surface area contributed by atoms with Gasteiger partial charge in [-0.3, -0.25) is 0 Å². The van der Waals surface area contributed by atoms with Crippen LogP contribution in [-0.2, 0) is 0 Å². The zero-order valence-electron chi connectivity index (χ0n) is 8.27. The van der Waals surface area contributed by atoms with Crippen LogP contribution in [0.15, 0.2) is 15.9 Å². The van der Waals surface area contributed by atoms with Gasteiger partial charge in [-0.05, 0) is 19.8 Å². The molecule has 0 radical (unpaired) electrons. The number of thioether (sulfide) groups is 1. The van der Waals surface area contributed by atoms with Crippen LogP contribution in [0, 0.1) is 0 Å². The van der Waals surface area contributed by atoms with Crippen molar-refractivity contribution < 1.29 is 5.11 Å². The van der Waals surface area contributed by atoms with Gasteiger partial charge in [0.2, 0.25) is 0 Å². The van der Waals surface area contributed by atoms with Crippen LogP contribution in [0.5, 0.6) is 0 Å². The molecule has 0 saturated heterocycles. The molecule has 3 nitrogen and oxygen atoms in total. The highest BCUT2D eigenvalue weighted by Gasteiger charge is 2.16. The molecule has 1 aromatic rings. The molecule has 0 fully saturated rings. The van der Waals surface area contributed by atoms with E-state index in [4.69, 9.17) is 5.73 Å². The van der Waals surface area contributed by atoms with Gasteiger partial charge in [-0.15, -0.1) is 11.3 Å². The van der Waals surface area contributed by atoms with Crippen LogP contribution in [0.1, 0.15) is 19.8 Å². The average molecular weight is 232 g/mol. The topological polar surface area (TPSA) is 59.1 Å². The van der Waals surface area contributed by atoms with Crippen LogP contribution in [0.25, 0.3) is 0 Å². The van der Waals surface area contributed by atoms with E-state index in [0.29, 0.717) is 6.54 Å². The van der Waals surface area contributed by atoms with E-state index in [-0.39, 0.29) is 0 Å². The van der Waals surface area contributed by atoms with Crippen LogP contribution in [-0.4, -0.2) is 28.0 Å². The van der Waals surface area contributed by atoms with Gasteiger partial charge in [0.25, 0.3) is 0 Å². The quantitative estimate of drug-likeness (QED) is 0.579. The zero-order chi connectivity index (χ0) is 10.4. The maximum absolute atomic E-state index is 9.63. The molecule has 0 bridgehead atoms. The van der Waals surface area contributed by atoms with E-state index in [0.717, 1.165) is 22.9 Å². The maximum atomic E-state index is 9.63. The van der Waals surface area contributed by atoms with Gasteiger partial charge in [0.15, 0.2) is 0 Å². The first-order valence-electron chi connectivity index (χ1n) is 4.59. The molecule has 1 heterocycles. The zero-order valence-corrected chi connectivity index (χ0v) is 9.90. The van der Waals surface area contributed by atoms with E-state index < -0.39 is 5.60 Å². The van der Waals surface area contributed by atoms with Crippen molar-refractivity contribution in [3.05, 3.63) is 11.6 Å². The Kier molecular flexibility index (Phi) is 4.88. The highest BCUT2D eigenvalue weighted by atomic mass is 32.2. The van der Waals surface area contributed by atoms with Crippen molar-refractivity contribution in [3.8, 4) is 0 Å². The molecule has 0 aliphatic rings. The number of hydrogen-bond acceptors (Lipinski definition) is 5. The second-order valence-corrected chi connectivity index (χ2v) is 5.69. The first-order chi connectivity index (χ1) is 6.64. The van der Waals surface area contributed by atoms with Gasteiger partial charge in [0.1, 0.15) is 4.34 Å². The minimum atomic E-state index is -0.705. The Morgan fingerprint density at radius 3 is 3.07 bits per heavy atom. The third-order valence-corrected chi connectivity index (χ3v) is 3.99. The van der Waals surface area contributed by atoms with E-state index in [2.05, 4.69) is 4.98 Å². The SMILES string of the molecule is CC(O)(CN)CCCSc1nccs1. The van der Waals surface area contributed by atoms with E-state index in [1.807, 2.05) is 11.6 Å². The van der Waals surface area contributed by atoms with E-state index in [9.17, 15) is 5.11 Å². The summed E-state index contributed by atoms with van der Waals surface area (Å²) in [5.74, 6) is 0.990. The van der Waals surface area contributed by atoms with Crippen LogP contribution in [0.3, 0.4) is 0 Å². The van der Waals surface area contributed by atoms with Crippen molar-refractivity contribution in [2.24, 2.45) is 5.73 Å². The Morgan fingerprint density at radius 1 is 1.71 bits per heavy atom. The maximum Gasteiger partial charge on any atom is 0.149 e. The molecule has 80 valence electrons. The highest BCUT2D eigenvalue weighted by molar-refractivity contribution is 8.00. The Labute approximate surface area is 92.7 Å². The predicted octanol–water partition coefficient (Wildman–Crippen LogP) is 1.73. The highest BCUT2D eigenvalue weighted by Crippen LogP contribution is 2.22. The van der Waals surface area contributed by atoms with Crippen LogP contribution >= 0.6 is 23.1 Å². The Morgan fingerprint density at radius 2 is 2.50 bits per heavy atom. The van der Waals surface area contributed by atoms with Crippen molar-refractivity contribution in [1.29, 1.82) is 0 Å². The summed E-state index contributed by atoms with van der Waals surface area (Å²) < 4.78 is 1.09. The minimum Gasteiger partial charge on any atom is -0.389 e. The fraction of sp³-hybridized carbons (Fsp3) is 0.667. The molecule has 5 heteroatoms. The van der Waals surface area contributed by atoms with E-state index in [1.54, 1.807) is 30.0 Å². The molecule has 1 aromatic heterocycles. The molecule has 14 heavy (non-hydrogen) atoms. The molecule has 1 atom stereocenters. The van der Waals surface area contributed by atoms with Gasteiger partial charge >= 0.3 is 0 Å². The number of nitrogens with zero attached hydrogens (tertiary/aromatic N) is 1. The smallest absolute Gasteiger partial charge is 0.149 e. The normalized spacial score (nSPS) is 15.4. The second-order valence-electron chi connectivity index (χ2n) is 3.45. The minimum absolute atomic E-state index is 0.328. The summed E-state index contributed by atoms with van der Waals surface area (Å²) in [6.45, 7) is 2.11. The molecule has 0 saturated carbocycles. The third kappa shape index (κ3) is 4.41. The van der Waals surface area contributed by atoms with Crippen LogP contribution < -0.4 is 5.73 Å². The fourth-order valence-corrected chi connectivity index (χ4v) is 2.64. The molecule has 1 rings (SSSR count). The van der Waals surface area contributed by atoms with Gasteiger partial charge in [-0.1, -0.05) is 11.8 Å². The molecule has 0 aromatic carbocycles. The summed E-state index contributed by atoms with van der Waals surface area (Å²) in [7, 11) is 0. The summed E-state index contributed by atoms with van der Waals surface area (Å²) in [5.41, 5.74) is 4.71. The summed E-state index contributed by atoms with van der Waals surface area (Å²) in [6, 6.07) is 0. The Bertz CT molecular complexity index is 249. The number of nitrogens with two attached hydrogens (primary N) is 1. The lowest BCUT2D eigenvalue weighted by Crippen LogP contribution is -2.34. The van der Waals surface area contributed by atoms with Gasteiger partial charge in [-0.25, -0.2) is 4.98 Å². The first-order valence-corrected chi connectivity index (χ1v) is 6.45. The third-order valence-electron chi connectivity index (χ3n) is 1.93. The molecular weight excluding hydrogens is 216 g/mol. The Balaban J connectivity index is 2.11. The second kappa shape index (κ2) is 5.70. The molecule has 1 unspecified atom stereocenters. The van der Waals surface area contributed by atoms with Crippen LogP contribution in [0.2, 0.25) is 0 Å². The van der Waals surface area contributed by atoms with Gasteiger partial charge in [-0.2, -0.15) is 0 Å². The van der Waals surface area contributed by atoms with Gasteiger partial charge < -0.3 is 10.8 Å². The standard InChI is InChI=1S/C9H16N2OS2/c1-9(12,7-10)3-2-5-13-8-11-4-6-14-8/h4,6,12H,2-3,5,7,10H2,1H3. The van der Waals surface area contributed by atoms with Crippen molar-refractivity contribution in [2.45, 2.75) is 29.7 Å². The lowest BCUT2D eigenvalue weighted by molar-refractivity contribution is 0.0596. The van der Waals surface area contributed by atoms with Gasteiger partial charge in [0.05, 0.1) is 5.60 Å². The first kappa shape index (κ1) is 12.0. The van der Waals surface area contributed by atoms with E-state index in [1.165, 1.54) is 0 Å². The summed E-state index contributed by atoms with van der Waals surface area (Å²) >= 11 is 3.39. The number of aliphatic hydroxyl groups is 1. The van der Waals surface area contributed by atoms with Crippen molar-refractivity contribution >= 4 is 23.1 Å². The summed E-state index contributed by atoms with van der Waals surface area (Å²) in [4.78, 5) is 4.16. The number of rotatable bonds is 6. The molecular formula is C9H16N2OS2. The average Bonchev–Trinajstić information content (AvgIpc) is 2.65. The lowest BCUT2D eigenvalue weighted by Gasteiger charge is -2.20. The predicted molar refractivity (Wildman–Crippen MR) is 61.8 cm³/mol. The van der Waals surface area contributed by atoms with E-state index >= 15 is 0 Å². The number of hydrogen-bond donors (Lipinski definition) is 2.